The summed E-state index contributed by atoms with van der Waals surface area (Å²) in [6.07, 6.45) is 59.6. The van der Waals surface area contributed by atoms with E-state index in [0.29, 0.717) is 24.1 Å². The molecule has 1 N–H and O–H groups in total. The molecule has 0 aliphatic carbocycles. The molecule has 0 saturated heterocycles. The van der Waals surface area contributed by atoms with Crippen molar-refractivity contribution in [3.05, 3.63) is 72.9 Å². The third-order valence-electron chi connectivity index (χ3n) is 10.5. The zero-order chi connectivity index (χ0) is 45.5. The van der Waals surface area contributed by atoms with Crippen molar-refractivity contribution in [1.82, 2.24) is 0 Å². The van der Waals surface area contributed by atoms with Gasteiger partial charge in [0, 0.05) is 13.0 Å². The highest BCUT2D eigenvalue weighted by molar-refractivity contribution is 7.47. The molecule has 0 spiro atoms. The van der Waals surface area contributed by atoms with E-state index in [4.69, 9.17) is 18.5 Å². The highest BCUT2D eigenvalue weighted by atomic mass is 31.2. The van der Waals surface area contributed by atoms with Crippen molar-refractivity contribution < 1.29 is 37.3 Å². The molecule has 0 saturated carbocycles. The van der Waals surface area contributed by atoms with Crippen molar-refractivity contribution in [1.29, 1.82) is 0 Å². The Hall–Kier alpha value is -2.06. The summed E-state index contributed by atoms with van der Waals surface area (Å²) in [6, 6.07) is 0. The lowest BCUT2D eigenvalue weighted by Gasteiger charge is -2.24. The molecule has 0 heterocycles. The van der Waals surface area contributed by atoms with E-state index in [1.54, 1.807) is 0 Å². The zero-order valence-electron chi connectivity index (χ0n) is 40.8. The molecule has 0 aromatic rings. The van der Waals surface area contributed by atoms with Crippen molar-refractivity contribution >= 4 is 13.8 Å². The number of phosphoric ester groups is 1. The average Bonchev–Trinajstić information content (AvgIpc) is 3.23. The van der Waals surface area contributed by atoms with Gasteiger partial charge < -0.3 is 18.9 Å². The predicted molar refractivity (Wildman–Crippen MR) is 265 cm³/mol. The molecule has 0 fully saturated rings. The quantitative estimate of drug-likeness (QED) is 0.0214. The topological polar surface area (TPSA) is 91.3 Å². The SMILES string of the molecule is CC/C=C\C/C=C\C/C=C\C/C=C\C/C=C\C/C=C\CCCOCC(COP(=O)(O)OCC[N+](C)(C)C)OC(=O)CCCCCCCCCCCCCCCCCCCCCC. The Balaban J connectivity index is 4.25. The number of allylic oxidation sites excluding steroid dienone is 12. The van der Waals surface area contributed by atoms with Crippen molar-refractivity contribution in [2.75, 3.05) is 54.1 Å². The highest BCUT2D eigenvalue weighted by Crippen LogP contribution is 2.43. The second kappa shape index (κ2) is 45.5. The summed E-state index contributed by atoms with van der Waals surface area (Å²) < 4.78 is 35.0. The van der Waals surface area contributed by atoms with E-state index in [2.05, 4.69) is 86.8 Å². The van der Waals surface area contributed by atoms with Crippen LogP contribution in [-0.2, 0) is 27.9 Å². The van der Waals surface area contributed by atoms with Crippen LogP contribution in [0.1, 0.15) is 200 Å². The molecule has 8 nitrogen and oxygen atoms in total. The van der Waals surface area contributed by atoms with Crippen molar-refractivity contribution in [3.63, 3.8) is 0 Å². The second-order valence-electron chi connectivity index (χ2n) is 17.8. The molecule has 360 valence electrons. The van der Waals surface area contributed by atoms with Gasteiger partial charge in [-0.15, -0.1) is 0 Å². The van der Waals surface area contributed by atoms with E-state index >= 15 is 0 Å². The fourth-order valence-electron chi connectivity index (χ4n) is 6.69. The molecule has 0 amide bonds. The van der Waals surface area contributed by atoms with Gasteiger partial charge >= 0.3 is 13.8 Å². The first-order chi connectivity index (χ1) is 30.1. The minimum absolute atomic E-state index is 0.0757. The summed E-state index contributed by atoms with van der Waals surface area (Å²) in [7, 11) is 1.63. The van der Waals surface area contributed by atoms with Crippen LogP contribution in [0.25, 0.3) is 0 Å². The van der Waals surface area contributed by atoms with Gasteiger partial charge in [0.05, 0.1) is 34.4 Å². The third kappa shape index (κ3) is 49.0. The number of hydrogen-bond donors (Lipinski definition) is 1. The van der Waals surface area contributed by atoms with E-state index in [0.717, 1.165) is 70.6 Å². The summed E-state index contributed by atoms with van der Waals surface area (Å²) in [4.78, 5) is 23.0. The first-order valence-electron chi connectivity index (χ1n) is 25.2. The maximum absolute atomic E-state index is 12.8. The standard InChI is InChI=1S/C53H96NO7P/c1-6-8-10-12-14-16-18-20-22-24-26-28-30-32-34-36-38-40-42-44-46-53(55)61-52(51-60-62(56,57)59-49-47-54(3,4)5)50-58-48-45-43-41-39-37-35-33-31-29-27-25-23-21-19-17-15-13-11-9-7-2/h9,11,15,17,21,23,27,29,33,35,39,41,52H,6-8,10,12-14,16,18-20,22,24-26,28,30-32,34,36-38,40,42-51H2,1-5H3/p+1/b11-9-,17-15-,23-21-,29-27-,35-33-,41-39-. The lowest BCUT2D eigenvalue weighted by Crippen LogP contribution is -2.37. The van der Waals surface area contributed by atoms with Crippen LogP contribution in [0.3, 0.4) is 0 Å². The minimum atomic E-state index is -4.30. The van der Waals surface area contributed by atoms with E-state index in [9.17, 15) is 14.3 Å². The van der Waals surface area contributed by atoms with Crippen LogP contribution in [0, 0.1) is 0 Å². The van der Waals surface area contributed by atoms with Crippen LogP contribution < -0.4 is 0 Å². The maximum Gasteiger partial charge on any atom is 0.472 e. The molecular formula is C53H97NO7P+. The lowest BCUT2D eigenvalue weighted by molar-refractivity contribution is -0.870. The Morgan fingerprint density at radius 1 is 0.516 bits per heavy atom. The smallest absolute Gasteiger partial charge is 0.457 e. The van der Waals surface area contributed by atoms with Crippen molar-refractivity contribution in [2.45, 2.75) is 206 Å². The van der Waals surface area contributed by atoms with Gasteiger partial charge in [-0.1, -0.05) is 209 Å². The van der Waals surface area contributed by atoms with Crippen LogP contribution in [0.15, 0.2) is 72.9 Å². The lowest BCUT2D eigenvalue weighted by atomic mass is 10.0. The van der Waals surface area contributed by atoms with Gasteiger partial charge in [-0.2, -0.15) is 0 Å². The zero-order valence-corrected chi connectivity index (χ0v) is 41.7. The normalized spacial score (nSPS) is 14.2. The number of hydrogen-bond acceptors (Lipinski definition) is 6. The summed E-state index contributed by atoms with van der Waals surface area (Å²) in [5.74, 6) is -0.332. The Morgan fingerprint density at radius 2 is 0.919 bits per heavy atom. The number of nitrogens with zero attached hydrogens (tertiary/aromatic N) is 1. The number of unbranched alkanes of at least 4 members (excludes halogenated alkanes) is 20. The van der Waals surface area contributed by atoms with Gasteiger partial charge in [0.25, 0.3) is 0 Å². The molecule has 2 atom stereocenters. The molecule has 9 heteroatoms. The molecule has 0 aliphatic heterocycles. The largest absolute Gasteiger partial charge is 0.472 e. The number of carbonyl (C=O) groups is 1. The first-order valence-corrected chi connectivity index (χ1v) is 26.7. The van der Waals surface area contributed by atoms with Crippen LogP contribution >= 0.6 is 7.82 Å². The van der Waals surface area contributed by atoms with E-state index < -0.39 is 13.9 Å². The summed E-state index contributed by atoms with van der Waals surface area (Å²) >= 11 is 0. The van der Waals surface area contributed by atoms with E-state index in [-0.39, 0.29) is 25.8 Å². The predicted octanol–water partition coefficient (Wildman–Crippen LogP) is 15.4. The molecule has 0 rings (SSSR count). The van der Waals surface area contributed by atoms with Gasteiger partial charge in [0.2, 0.25) is 0 Å². The third-order valence-corrected chi connectivity index (χ3v) is 11.5. The van der Waals surface area contributed by atoms with Gasteiger partial charge in [0.15, 0.2) is 0 Å². The van der Waals surface area contributed by atoms with Crippen molar-refractivity contribution in [2.24, 2.45) is 0 Å². The fraction of sp³-hybridized carbons (Fsp3) is 0.755. The molecule has 0 bridgehead atoms. The fourth-order valence-corrected chi connectivity index (χ4v) is 7.43. The molecule has 0 aromatic carbocycles. The summed E-state index contributed by atoms with van der Waals surface area (Å²) in [5.41, 5.74) is 0. The van der Waals surface area contributed by atoms with Crippen LogP contribution in [0.5, 0.6) is 0 Å². The van der Waals surface area contributed by atoms with Crippen LogP contribution in [0.4, 0.5) is 0 Å². The Labute approximate surface area is 383 Å². The number of esters is 1. The Bertz CT molecular complexity index is 1220. The summed E-state index contributed by atoms with van der Waals surface area (Å²) in [6.45, 7) is 5.36. The van der Waals surface area contributed by atoms with Crippen molar-refractivity contribution in [3.8, 4) is 0 Å². The molecule has 0 aliphatic rings. The monoisotopic (exact) mass is 891 g/mol. The summed E-state index contributed by atoms with van der Waals surface area (Å²) in [5, 5.41) is 0. The maximum atomic E-state index is 12.8. The number of likely N-dealkylation sites (N-methyl/N-ethyl adjacent to an activating group) is 1. The van der Waals surface area contributed by atoms with Gasteiger partial charge in [-0.05, 0) is 57.8 Å². The minimum Gasteiger partial charge on any atom is -0.457 e. The molecule has 0 aromatic heterocycles. The second-order valence-corrected chi connectivity index (χ2v) is 19.3. The molecular weight excluding hydrogens is 794 g/mol. The van der Waals surface area contributed by atoms with Gasteiger partial charge in [-0.25, -0.2) is 4.57 Å². The van der Waals surface area contributed by atoms with E-state index in [1.165, 1.54) is 109 Å². The molecule has 0 radical (unpaired) electrons. The number of quaternary nitrogens is 1. The number of phosphoric acid groups is 1. The number of ether oxygens (including phenoxy) is 2. The van der Waals surface area contributed by atoms with Gasteiger partial charge in [0.1, 0.15) is 19.3 Å². The highest BCUT2D eigenvalue weighted by Gasteiger charge is 2.26. The average molecular weight is 891 g/mol. The molecule has 2 unspecified atom stereocenters. The van der Waals surface area contributed by atoms with E-state index in [1.807, 2.05) is 21.1 Å². The van der Waals surface area contributed by atoms with Crippen LogP contribution in [0.2, 0.25) is 0 Å². The number of carbonyl (C=O) groups excluding carboxylic acids is 1. The molecule has 62 heavy (non-hydrogen) atoms. The number of rotatable bonds is 46. The first kappa shape index (κ1) is 59.9. The van der Waals surface area contributed by atoms with Crippen LogP contribution in [-0.4, -0.2) is 75.6 Å². The van der Waals surface area contributed by atoms with Gasteiger partial charge in [-0.3, -0.25) is 13.8 Å². The Kier molecular flexibility index (Phi) is 44.0. The Morgan fingerprint density at radius 3 is 1.34 bits per heavy atom.